The number of amides is 2. The average Bonchev–Trinajstić information content (AvgIpc) is 3.46. The van der Waals surface area contributed by atoms with Gasteiger partial charge in [0.25, 0.3) is 5.91 Å². The zero-order chi connectivity index (χ0) is 30.9. The van der Waals surface area contributed by atoms with Crippen LogP contribution in [0.25, 0.3) is 16.5 Å². The Hall–Kier alpha value is -5.16. The van der Waals surface area contributed by atoms with E-state index in [4.69, 9.17) is 9.47 Å². The SMILES string of the molecule is CCOC(=O)c1ccc(NC(=O)CSc2nnc(CNC(=O)c3cccc4ccccc34)n2-c2ccc(OCC)cc2)cc1. The predicted octanol–water partition coefficient (Wildman–Crippen LogP) is 5.66. The third-order valence-corrected chi connectivity index (χ3v) is 7.49. The van der Waals surface area contributed by atoms with E-state index in [-0.39, 0.29) is 30.7 Å². The van der Waals surface area contributed by atoms with Crippen molar-refractivity contribution in [1.82, 2.24) is 20.1 Å². The first kappa shape index (κ1) is 30.3. The number of ether oxygens (including phenoxy) is 2. The molecule has 0 saturated carbocycles. The Bertz CT molecular complexity index is 1760. The largest absolute Gasteiger partial charge is 0.494 e. The Morgan fingerprint density at radius 3 is 2.34 bits per heavy atom. The van der Waals surface area contributed by atoms with Crippen LogP contribution in [0.1, 0.15) is 40.4 Å². The summed E-state index contributed by atoms with van der Waals surface area (Å²) < 4.78 is 12.4. The van der Waals surface area contributed by atoms with E-state index < -0.39 is 5.97 Å². The fourth-order valence-electron chi connectivity index (χ4n) is 4.53. The first-order valence-corrected chi connectivity index (χ1v) is 15.1. The Morgan fingerprint density at radius 2 is 1.59 bits per heavy atom. The molecule has 44 heavy (non-hydrogen) atoms. The first-order chi connectivity index (χ1) is 21.5. The Kier molecular flexibility index (Phi) is 9.88. The number of nitrogens with zero attached hydrogens (tertiary/aromatic N) is 3. The number of nitrogens with one attached hydrogen (secondary N) is 2. The number of fused-ring (bicyclic) bond motifs is 1. The lowest BCUT2D eigenvalue weighted by molar-refractivity contribution is -0.113. The van der Waals surface area contributed by atoms with E-state index in [1.54, 1.807) is 37.3 Å². The molecule has 0 bridgehead atoms. The molecule has 0 radical (unpaired) electrons. The van der Waals surface area contributed by atoms with Crippen molar-refractivity contribution in [1.29, 1.82) is 0 Å². The zero-order valence-corrected chi connectivity index (χ0v) is 25.1. The lowest BCUT2D eigenvalue weighted by Gasteiger charge is -2.13. The second-order valence-corrected chi connectivity index (χ2v) is 10.4. The number of carbonyl (C=O) groups is 3. The van der Waals surface area contributed by atoms with Crippen molar-refractivity contribution in [2.75, 3.05) is 24.3 Å². The summed E-state index contributed by atoms with van der Waals surface area (Å²) >= 11 is 1.21. The minimum absolute atomic E-state index is 0.0527. The summed E-state index contributed by atoms with van der Waals surface area (Å²) in [5, 5.41) is 16.8. The van der Waals surface area contributed by atoms with E-state index in [0.717, 1.165) is 22.2 Å². The van der Waals surface area contributed by atoms with Crippen molar-refractivity contribution < 1.29 is 23.9 Å². The zero-order valence-electron chi connectivity index (χ0n) is 24.3. The van der Waals surface area contributed by atoms with Gasteiger partial charge in [-0.15, -0.1) is 10.2 Å². The molecule has 4 aromatic carbocycles. The quantitative estimate of drug-likeness (QED) is 0.137. The molecule has 0 spiro atoms. The van der Waals surface area contributed by atoms with Crippen LogP contribution in [0.15, 0.2) is 96.2 Å². The van der Waals surface area contributed by atoms with Gasteiger partial charge in [0, 0.05) is 16.9 Å². The third-order valence-electron chi connectivity index (χ3n) is 6.56. The number of hydrogen-bond acceptors (Lipinski definition) is 8. The van der Waals surface area contributed by atoms with Gasteiger partial charge in [0.2, 0.25) is 5.91 Å². The highest BCUT2D eigenvalue weighted by Crippen LogP contribution is 2.25. The maximum Gasteiger partial charge on any atom is 0.338 e. The smallest absolute Gasteiger partial charge is 0.338 e. The normalized spacial score (nSPS) is 10.8. The van der Waals surface area contributed by atoms with Crippen LogP contribution >= 0.6 is 11.8 Å². The highest BCUT2D eigenvalue weighted by molar-refractivity contribution is 7.99. The lowest BCUT2D eigenvalue weighted by atomic mass is 10.0. The number of anilines is 1. The molecule has 0 aliphatic rings. The summed E-state index contributed by atoms with van der Waals surface area (Å²) in [6.07, 6.45) is 0. The van der Waals surface area contributed by atoms with Crippen molar-refractivity contribution in [2.24, 2.45) is 0 Å². The molecule has 11 heteroatoms. The van der Waals surface area contributed by atoms with E-state index >= 15 is 0 Å². The molecule has 1 aromatic heterocycles. The lowest BCUT2D eigenvalue weighted by Crippen LogP contribution is -2.25. The van der Waals surface area contributed by atoms with Crippen LogP contribution < -0.4 is 15.4 Å². The summed E-state index contributed by atoms with van der Waals surface area (Å²) in [6.45, 7) is 4.60. The first-order valence-electron chi connectivity index (χ1n) is 14.1. The highest BCUT2D eigenvalue weighted by atomic mass is 32.2. The van der Waals surface area contributed by atoms with E-state index in [1.807, 2.05) is 72.2 Å². The van der Waals surface area contributed by atoms with Gasteiger partial charge in [0.05, 0.1) is 31.1 Å². The third kappa shape index (κ3) is 7.24. The minimum Gasteiger partial charge on any atom is -0.494 e. The maximum atomic E-state index is 13.2. The number of esters is 1. The van der Waals surface area contributed by atoms with Gasteiger partial charge in [-0.1, -0.05) is 48.2 Å². The highest BCUT2D eigenvalue weighted by Gasteiger charge is 2.18. The van der Waals surface area contributed by atoms with Crippen molar-refractivity contribution in [3.05, 3.63) is 108 Å². The molecule has 2 N–H and O–H groups in total. The summed E-state index contributed by atoms with van der Waals surface area (Å²) in [5.74, 6) is 0.366. The van der Waals surface area contributed by atoms with Gasteiger partial charge in [-0.2, -0.15) is 0 Å². The number of thioether (sulfide) groups is 1. The molecule has 1 heterocycles. The molecule has 5 rings (SSSR count). The molecule has 0 aliphatic heterocycles. The molecular weight excluding hydrogens is 578 g/mol. The predicted molar refractivity (Wildman–Crippen MR) is 169 cm³/mol. The van der Waals surface area contributed by atoms with Crippen LogP contribution in [-0.4, -0.2) is 51.5 Å². The van der Waals surface area contributed by atoms with Gasteiger partial charge in [0.15, 0.2) is 11.0 Å². The van der Waals surface area contributed by atoms with Crippen LogP contribution in [0.2, 0.25) is 0 Å². The molecule has 0 fully saturated rings. The van der Waals surface area contributed by atoms with Gasteiger partial charge in [0.1, 0.15) is 5.75 Å². The Balaban J connectivity index is 1.31. The van der Waals surface area contributed by atoms with Crippen molar-refractivity contribution in [3.63, 3.8) is 0 Å². The van der Waals surface area contributed by atoms with Crippen LogP contribution in [0, 0.1) is 0 Å². The fraction of sp³-hybridized carbons (Fsp3) is 0.182. The molecule has 10 nitrogen and oxygen atoms in total. The number of hydrogen-bond donors (Lipinski definition) is 2. The van der Waals surface area contributed by atoms with Gasteiger partial charge in [-0.25, -0.2) is 4.79 Å². The Labute approximate surface area is 258 Å². The number of benzene rings is 4. The van der Waals surface area contributed by atoms with Crippen LogP contribution in [0.3, 0.4) is 0 Å². The van der Waals surface area contributed by atoms with E-state index in [2.05, 4.69) is 20.8 Å². The van der Waals surface area contributed by atoms with Gasteiger partial charge in [-0.3, -0.25) is 14.2 Å². The topological polar surface area (TPSA) is 124 Å². The average molecular weight is 610 g/mol. The summed E-state index contributed by atoms with van der Waals surface area (Å²) in [4.78, 5) is 37.9. The minimum atomic E-state index is -0.418. The number of aromatic nitrogens is 3. The fourth-order valence-corrected chi connectivity index (χ4v) is 5.31. The van der Waals surface area contributed by atoms with E-state index in [0.29, 0.717) is 34.4 Å². The maximum absolute atomic E-state index is 13.2. The van der Waals surface area contributed by atoms with Crippen LogP contribution in [0.5, 0.6) is 5.75 Å². The standard InChI is InChI=1S/C33H31N5O5S/c1-3-42-26-18-16-25(17-19-26)38-29(20-34-31(40)28-11-7-9-22-8-5-6-10-27(22)28)36-37-33(38)44-21-30(39)35-24-14-12-23(13-15-24)32(41)43-4-2/h5-19H,3-4,20-21H2,1-2H3,(H,34,40)(H,35,39). The van der Waals surface area contributed by atoms with Gasteiger partial charge >= 0.3 is 5.97 Å². The molecule has 2 amide bonds. The molecule has 0 unspecified atom stereocenters. The second kappa shape index (κ2) is 14.3. The second-order valence-electron chi connectivity index (χ2n) is 9.51. The monoisotopic (exact) mass is 609 g/mol. The number of carbonyl (C=O) groups excluding carboxylic acids is 3. The summed E-state index contributed by atoms with van der Waals surface area (Å²) in [6, 6.07) is 27.3. The van der Waals surface area contributed by atoms with Crippen LogP contribution in [0.4, 0.5) is 5.69 Å². The van der Waals surface area contributed by atoms with Crippen molar-refractivity contribution in [3.8, 4) is 11.4 Å². The Morgan fingerprint density at radius 1 is 0.841 bits per heavy atom. The molecule has 0 atom stereocenters. The summed E-state index contributed by atoms with van der Waals surface area (Å²) in [5.41, 5.74) is 2.28. The molecule has 0 saturated heterocycles. The van der Waals surface area contributed by atoms with Crippen LogP contribution in [-0.2, 0) is 16.1 Å². The van der Waals surface area contributed by atoms with E-state index in [1.165, 1.54) is 11.8 Å². The van der Waals surface area contributed by atoms with Crippen molar-refractivity contribution >= 4 is 46.0 Å². The number of rotatable bonds is 12. The van der Waals surface area contributed by atoms with Gasteiger partial charge in [-0.05, 0) is 79.2 Å². The summed E-state index contributed by atoms with van der Waals surface area (Å²) in [7, 11) is 0. The van der Waals surface area contributed by atoms with Crippen molar-refractivity contribution in [2.45, 2.75) is 25.5 Å². The molecule has 224 valence electrons. The molecule has 0 aliphatic carbocycles. The van der Waals surface area contributed by atoms with E-state index in [9.17, 15) is 14.4 Å². The molecule has 5 aromatic rings. The molecular formula is C33H31N5O5S. The van der Waals surface area contributed by atoms with Gasteiger partial charge < -0.3 is 20.1 Å².